The van der Waals surface area contributed by atoms with E-state index in [4.69, 9.17) is 33.4 Å². The number of hydrogen-bond acceptors (Lipinski definition) is 5. The molecule has 0 spiro atoms. The summed E-state index contributed by atoms with van der Waals surface area (Å²) in [6, 6.07) is 4.79. The van der Waals surface area contributed by atoms with Crippen LogP contribution in [0.3, 0.4) is 0 Å². The highest BCUT2D eigenvalue weighted by Crippen LogP contribution is 2.27. The van der Waals surface area contributed by atoms with Crippen molar-refractivity contribution in [2.24, 2.45) is 5.73 Å². The van der Waals surface area contributed by atoms with Gasteiger partial charge in [0.05, 0.1) is 12.8 Å². The van der Waals surface area contributed by atoms with Crippen LogP contribution in [0.1, 0.15) is 11.3 Å². The maximum atomic E-state index is 12.6. The fourth-order valence-corrected chi connectivity index (χ4v) is 2.66. The third kappa shape index (κ3) is 3.41. The maximum Gasteiger partial charge on any atom is 0.243 e. The van der Waals surface area contributed by atoms with Gasteiger partial charge in [-0.25, -0.2) is 8.91 Å². The number of halogens is 3. The van der Waals surface area contributed by atoms with E-state index in [1.165, 1.54) is 4.52 Å². The third-order valence-electron chi connectivity index (χ3n) is 3.31. The number of nitrogens with zero attached hydrogens (tertiary/aromatic N) is 3. The molecule has 122 valence electrons. The van der Waals surface area contributed by atoms with Gasteiger partial charge in [0.25, 0.3) is 0 Å². The van der Waals surface area contributed by atoms with Gasteiger partial charge in [0.1, 0.15) is 23.1 Å². The van der Waals surface area contributed by atoms with E-state index in [9.17, 15) is 4.39 Å². The first-order chi connectivity index (χ1) is 11.1. The van der Waals surface area contributed by atoms with Crippen LogP contribution >= 0.6 is 23.2 Å². The van der Waals surface area contributed by atoms with Crippen LogP contribution in [0.25, 0.3) is 5.52 Å². The first-order valence-corrected chi connectivity index (χ1v) is 7.65. The van der Waals surface area contributed by atoms with E-state index in [-0.39, 0.29) is 5.28 Å². The Hall–Kier alpha value is -1.83. The molecule has 9 heteroatoms. The van der Waals surface area contributed by atoms with Crippen molar-refractivity contribution in [3.63, 3.8) is 0 Å². The molecule has 0 bridgehead atoms. The second-order valence-electron chi connectivity index (χ2n) is 5.04. The van der Waals surface area contributed by atoms with Crippen molar-refractivity contribution in [2.45, 2.75) is 19.0 Å². The van der Waals surface area contributed by atoms with Crippen LogP contribution < -0.4 is 11.1 Å². The van der Waals surface area contributed by atoms with Crippen LogP contribution in [-0.4, -0.2) is 27.3 Å². The van der Waals surface area contributed by atoms with Gasteiger partial charge in [0, 0.05) is 6.04 Å². The molecule has 1 atom stereocenters. The van der Waals surface area contributed by atoms with Crippen LogP contribution in [0.15, 0.2) is 28.9 Å². The van der Waals surface area contributed by atoms with Crippen LogP contribution in [-0.2, 0) is 13.0 Å². The Morgan fingerprint density at radius 1 is 1.43 bits per heavy atom. The molecule has 3 N–H and O–H groups in total. The molecule has 0 fully saturated rings. The molecule has 0 aliphatic carbocycles. The molecule has 0 aromatic carbocycles. The zero-order chi connectivity index (χ0) is 16.4. The Morgan fingerprint density at radius 2 is 2.26 bits per heavy atom. The Bertz CT molecular complexity index is 805. The van der Waals surface area contributed by atoms with Crippen molar-refractivity contribution in [3.05, 3.63) is 46.2 Å². The van der Waals surface area contributed by atoms with Gasteiger partial charge < -0.3 is 15.5 Å². The second-order valence-corrected chi connectivity index (χ2v) is 5.73. The number of alkyl halides is 1. The van der Waals surface area contributed by atoms with Crippen LogP contribution in [0.2, 0.25) is 10.4 Å². The molecule has 3 aromatic heterocycles. The zero-order valence-corrected chi connectivity index (χ0v) is 13.5. The molecule has 0 radical (unpaired) electrons. The molecule has 3 heterocycles. The summed E-state index contributed by atoms with van der Waals surface area (Å²) in [5.41, 5.74) is 6.97. The van der Waals surface area contributed by atoms with E-state index in [0.717, 1.165) is 5.76 Å². The molecule has 0 unspecified atom stereocenters. The van der Waals surface area contributed by atoms with Crippen LogP contribution in [0.4, 0.5) is 10.2 Å². The average Bonchev–Trinajstić information content (AvgIpc) is 3.15. The maximum absolute atomic E-state index is 12.6. The summed E-state index contributed by atoms with van der Waals surface area (Å²) in [5.74, 6) is 1.25. The molecular weight excluding hydrogens is 344 g/mol. The molecule has 23 heavy (non-hydrogen) atoms. The van der Waals surface area contributed by atoms with E-state index in [1.54, 1.807) is 18.4 Å². The number of nitrogens with two attached hydrogens (primary N) is 1. The van der Waals surface area contributed by atoms with Crippen molar-refractivity contribution in [3.8, 4) is 0 Å². The normalized spacial score (nSPS) is 12.7. The van der Waals surface area contributed by atoms with E-state index in [0.29, 0.717) is 35.0 Å². The largest absolute Gasteiger partial charge is 0.467 e. The Kier molecular flexibility index (Phi) is 4.70. The Labute approximate surface area is 141 Å². The minimum atomic E-state index is -0.626. The predicted octanol–water partition coefficient (Wildman–Crippen LogP) is 3.08. The summed E-state index contributed by atoms with van der Waals surface area (Å²) in [6.45, 7) is -0.198. The first kappa shape index (κ1) is 16.0. The molecule has 3 aromatic rings. The summed E-state index contributed by atoms with van der Waals surface area (Å²) >= 11 is 12.2. The van der Waals surface area contributed by atoms with Gasteiger partial charge in [-0.1, -0.05) is 11.6 Å². The van der Waals surface area contributed by atoms with Crippen molar-refractivity contribution >= 4 is 34.5 Å². The van der Waals surface area contributed by atoms with Crippen molar-refractivity contribution in [1.82, 2.24) is 14.6 Å². The van der Waals surface area contributed by atoms with E-state index in [2.05, 4.69) is 15.4 Å². The summed E-state index contributed by atoms with van der Waals surface area (Å²) < 4.78 is 19.4. The van der Waals surface area contributed by atoms with Gasteiger partial charge in [-0.15, -0.1) is 5.10 Å². The highest BCUT2D eigenvalue weighted by Gasteiger charge is 2.17. The molecule has 0 saturated heterocycles. The van der Waals surface area contributed by atoms with Crippen molar-refractivity contribution < 1.29 is 8.81 Å². The highest BCUT2D eigenvalue weighted by atomic mass is 35.5. The van der Waals surface area contributed by atoms with Gasteiger partial charge in [-0.3, -0.25) is 0 Å². The van der Waals surface area contributed by atoms with Gasteiger partial charge in [-0.05, 0) is 41.8 Å². The van der Waals surface area contributed by atoms with Gasteiger partial charge >= 0.3 is 0 Å². The predicted molar refractivity (Wildman–Crippen MR) is 86.7 cm³/mol. The Balaban J connectivity index is 1.95. The lowest BCUT2D eigenvalue weighted by molar-refractivity contribution is 0.427. The smallest absolute Gasteiger partial charge is 0.243 e. The molecule has 0 aliphatic rings. The number of nitrogens with one attached hydrogen (secondary N) is 1. The molecule has 0 aliphatic heterocycles. The summed E-state index contributed by atoms with van der Waals surface area (Å²) in [4.78, 5) is 4.17. The SMILES string of the molecule is N[C@@H](CF)Cc1cc2c(NCc3ccco3)nc(Cl)nn2c1Cl. The standard InChI is InChI=1S/C14H14Cl2FN5O/c15-12-8(4-9(18)6-17)5-11-13(20-14(16)21-22(11)12)19-7-10-2-1-3-23-10/h1-3,5,9H,4,6-7,18H2,(H,19,20,21)/t9-/m1/s1. The van der Waals surface area contributed by atoms with Gasteiger partial charge in [0.15, 0.2) is 5.82 Å². The molecule has 3 rings (SSSR count). The van der Waals surface area contributed by atoms with E-state index >= 15 is 0 Å². The Morgan fingerprint density at radius 3 is 2.96 bits per heavy atom. The topological polar surface area (TPSA) is 81.4 Å². The number of fused-ring (bicyclic) bond motifs is 1. The van der Waals surface area contributed by atoms with Crippen LogP contribution in [0.5, 0.6) is 0 Å². The summed E-state index contributed by atoms with van der Waals surface area (Å²) in [7, 11) is 0. The van der Waals surface area contributed by atoms with Crippen LogP contribution in [0, 0.1) is 0 Å². The summed E-state index contributed by atoms with van der Waals surface area (Å²) in [6.07, 6.45) is 1.89. The highest BCUT2D eigenvalue weighted by molar-refractivity contribution is 6.31. The fraction of sp³-hybridized carbons (Fsp3) is 0.286. The second kappa shape index (κ2) is 6.74. The van der Waals surface area contributed by atoms with Crippen molar-refractivity contribution in [2.75, 3.05) is 12.0 Å². The van der Waals surface area contributed by atoms with E-state index in [1.807, 2.05) is 6.07 Å². The third-order valence-corrected chi connectivity index (χ3v) is 3.87. The van der Waals surface area contributed by atoms with Crippen molar-refractivity contribution in [1.29, 1.82) is 0 Å². The zero-order valence-electron chi connectivity index (χ0n) is 12.0. The van der Waals surface area contributed by atoms with Gasteiger partial charge in [0.2, 0.25) is 5.28 Å². The molecule has 0 saturated carbocycles. The lowest BCUT2D eigenvalue weighted by Gasteiger charge is -2.06. The number of hydrogen-bond donors (Lipinski definition) is 2. The van der Waals surface area contributed by atoms with E-state index < -0.39 is 12.7 Å². The number of furan rings is 1. The quantitative estimate of drug-likeness (QED) is 0.708. The monoisotopic (exact) mass is 357 g/mol. The molecule has 0 amide bonds. The first-order valence-electron chi connectivity index (χ1n) is 6.90. The lowest BCUT2D eigenvalue weighted by atomic mass is 10.1. The fourth-order valence-electron chi connectivity index (χ4n) is 2.24. The number of anilines is 1. The average molecular weight is 358 g/mol. The minimum Gasteiger partial charge on any atom is -0.467 e. The molecule has 6 nitrogen and oxygen atoms in total. The minimum absolute atomic E-state index is 0.0401. The lowest BCUT2D eigenvalue weighted by Crippen LogP contribution is -2.24. The number of aromatic nitrogens is 3. The molecular formula is C14H14Cl2FN5O. The van der Waals surface area contributed by atoms with Gasteiger partial charge in [-0.2, -0.15) is 4.98 Å². The summed E-state index contributed by atoms with van der Waals surface area (Å²) in [5, 5.41) is 7.58. The number of rotatable bonds is 6.